The fourth-order valence-corrected chi connectivity index (χ4v) is 4.05. The summed E-state index contributed by atoms with van der Waals surface area (Å²) in [5.41, 5.74) is 2.39. The van der Waals surface area contributed by atoms with Gasteiger partial charge in [0, 0.05) is 45.7 Å². The second kappa shape index (κ2) is 10.5. The van der Waals surface area contributed by atoms with E-state index in [4.69, 9.17) is 9.47 Å². The second-order valence-corrected chi connectivity index (χ2v) is 7.73. The number of carbonyl (C=O) groups excluding carboxylic acids is 1. The summed E-state index contributed by atoms with van der Waals surface area (Å²) in [6, 6.07) is 6.34. The number of ether oxygens (including phenoxy) is 2. The van der Waals surface area contributed by atoms with Gasteiger partial charge in [-0.2, -0.15) is 0 Å². The highest BCUT2D eigenvalue weighted by molar-refractivity contribution is 5.81. The van der Waals surface area contributed by atoms with Gasteiger partial charge in [0.2, 0.25) is 5.91 Å². The second-order valence-electron chi connectivity index (χ2n) is 7.73. The largest absolute Gasteiger partial charge is 0.496 e. The minimum atomic E-state index is 0.127. The van der Waals surface area contributed by atoms with Gasteiger partial charge in [-0.1, -0.05) is 12.1 Å². The number of piperidine rings is 1. The number of guanidine groups is 1. The molecule has 2 heterocycles. The first-order chi connectivity index (χ1) is 14.1. The Morgan fingerprint density at radius 2 is 1.93 bits per heavy atom. The molecule has 2 aliphatic rings. The Bertz CT molecular complexity index is 708. The molecule has 0 spiro atoms. The normalized spacial score (nSPS) is 18.7. The van der Waals surface area contributed by atoms with Gasteiger partial charge >= 0.3 is 0 Å². The highest BCUT2D eigenvalue weighted by Crippen LogP contribution is 2.21. The van der Waals surface area contributed by atoms with E-state index in [9.17, 15) is 4.79 Å². The smallest absolute Gasteiger partial charge is 0.225 e. The molecule has 0 atom stereocenters. The van der Waals surface area contributed by atoms with Crippen molar-refractivity contribution in [1.82, 2.24) is 15.1 Å². The summed E-state index contributed by atoms with van der Waals surface area (Å²) in [4.78, 5) is 21.4. The first kappa shape index (κ1) is 21.4. The van der Waals surface area contributed by atoms with Crippen LogP contribution in [0.25, 0.3) is 0 Å². The van der Waals surface area contributed by atoms with E-state index in [1.807, 2.05) is 11.9 Å². The monoisotopic (exact) mass is 402 g/mol. The Balaban J connectivity index is 1.44. The summed E-state index contributed by atoms with van der Waals surface area (Å²) in [7, 11) is 3.53. The molecule has 2 fully saturated rings. The Labute approximate surface area is 174 Å². The van der Waals surface area contributed by atoms with Gasteiger partial charge in [0.1, 0.15) is 5.75 Å². The van der Waals surface area contributed by atoms with Crippen LogP contribution in [-0.4, -0.2) is 81.8 Å². The average molecular weight is 403 g/mol. The molecular formula is C22H34N4O3. The van der Waals surface area contributed by atoms with Crippen LogP contribution < -0.4 is 10.1 Å². The third-order valence-electron chi connectivity index (χ3n) is 5.85. The van der Waals surface area contributed by atoms with Crippen LogP contribution in [0.3, 0.4) is 0 Å². The van der Waals surface area contributed by atoms with E-state index in [2.05, 4.69) is 40.3 Å². The molecule has 1 aromatic carbocycles. The van der Waals surface area contributed by atoms with Gasteiger partial charge in [0.05, 0.1) is 20.3 Å². The SMILES string of the molecule is CN=C(NCCc1ccc(C)c(OC)c1)N1CCC(C(=O)N2CCOCC2)CC1. The van der Waals surface area contributed by atoms with Crippen LogP contribution in [0, 0.1) is 12.8 Å². The van der Waals surface area contributed by atoms with Crippen LogP contribution in [0.5, 0.6) is 5.75 Å². The minimum Gasteiger partial charge on any atom is -0.496 e. The van der Waals surface area contributed by atoms with Crippen molar-refractivity contribution < 1.29 is 14.3 Å². The Kier molecular flexibility index (Phi) is 7.75. The summed E-state index contributed by atoms with van der Waals surface area (Å²) in [6.07, 6.45) is 2.67. The zero-order valence-electron chi connectivity index (χ0n) is 17.9. The maximum Gasteiger partial charge on any atom is 0.225 e. The van der Waals surface area contributed by atoms with Crippen LogP contribution in [0.1, 0.15) is 24.0 Å². The van der Waals surface area contributed by atoms with E-state index in [0.29, 0.717) is 19.1 Å². The molecule has 160 valence electrons. The predicted molar refractivity (Wildman–Crippen MR) is 114 cm³/mol. The van der Waals surface area contributed by atoms with Crippen LogP contribution in [0.2, 0.25) is 0 Å². The average Bonchev–Trinajstić information content (AvgIpc) is 2.78. The van der Waals surface area contributed by atoms with E-state index in [0.717, 1.165) is 69.3 Å². The molecule has 0 aromatic heterocycles. The topological polar surface area (TPSA) is 66.4 Å². The highest BCUT2D eigenvalue weighted by Gasteiger charge is 2.30. The summed E-state index contributed by atoms with van der Waals surface area (Å²) in [5.74, 6) is 2.27. The molecule has 2 aliphatic heterocycles. The standard InChI is InChI=1S/C22H34N4O3/c1-17-4-5-18(16-20(17)28-3)6-9-24-22(23-2)26-10-7-19(8-11-26)21(27)25-12-14-29-15-13-25/h4-5,16,19H,6-15H2,1-3H3,(H,23,24). The van der Waals surface area contributed by atoms with Crippen molar-refractivity contribution >= 4 is 11.9 Å². The van der Waals surface area contributed by atoms with Gasteiger partial charge in [-0.25, -0.2) is 0 Å². The molecule has 0 unspecified atom stereocenters. The third-order valence-corrected chi connectivity index (χ3v) is 5.85. The van der Waals surface area contributed by atoms with Gasteiger partial charge in [-0.15, -0.1) is 0 Å². The van der Waals surface area contributed by atoms with Crippen LogP contribution in [-0.2, 0) is 16.0 Å². The van der Waals surface area contributed by atoms with Crippen molar-refractivity contribution in [3.63, 3.8) is 0 Å². The van der Waals surface area contributed by atoms with Crippen molar-refractivity contribution in [1.29, 1.82) is 0 Å². The van der Waals surface area contributed by atoms with E-state index >= 15 is 0 Å². The maximum atomic E-state index is 12.7. The maximum absolute atomic E-state index is 12.7. The molecule has 1 aromatic rings. The molecule has 29 heavy (non-hydrogen) atoms. The number of aryl methyl sites for hydroxylation is 1. The van der Waals surface area contributed by atoms with Crippen molar-refractivity contribution in [3.8, 4) is 5.75 Å². The lowest BCUT2D eigenvalue weighted by molar-refractivity contribution is -0.140. The first-order valence-electron chi connectivity index (χ1n) is 10.6. The Morgan fingerprint density at radius 1 is 1.21 bits per heavy atom. The number of carbonyl (C=O) groups is 1. The molecular weight excluding hydrogens is 368 g/mol. The molecule has 2 saturated heterocycles. The summed E-state index contributed by atoms with van der Waals surface area (Å²) < 4.78 is 10.8. The number of hydrogen-bond acceptors (Lipinski definition) is 4. The number of morpholine rings is 1. The number of likely N-dealkylation sites (tertiary alicyclic amines) is 1. The zero-order chi connectivity index (χ0) is 20.6. The number of amides is 1. The molecule has 3 rings (SSSR count). The number of benzene rings is 1. The van der Waals surface area contributed by atoms with Crippen molar-refractivity contribution in [2.45, 2.75) is 26.2 Å². The van der Waals surface area contributed by atoms with Crippen LogP contribution in [0.4, 0.5) is 0 Å². The lowest BCUT2D eigenvalue weighted by Crippen LogP contribution is -2.50. The fraction of sp³-hybridized carbons (Fsp3) is 0.636. The lowest BCUT2D eigenvalue weighted by atomic mass is 9.95. The number of aliphatic imine (C=N–C) groups is 1. The third kappa shape index (κ3) is 5.63. The molecule has 7 heteroatoms. The molecule has 1 N–H and O–H groups in total. The molecule has 0 aliphatic carbocycles. The lowest BCUT2D eigenvalue weighted by Gasteiger charge is -2.36. The van der Waals surface area contributed by atoms with Gasteiger partial charge in [-0.05, 0) is 43.4 Å². The van der Waals surface area contributed by atoms with Crippen molar-refractivity contribution in [3.05, 3.63) is 29.3 Å². The van der Waals surface area contributed by atoms with E-state index in [-0.39, 0.29) is 5.92 Å². The zero-order valence-corrected chi connectivity index (χ0v) is 17.9. The van der Waals surface area contributed by atoms with Crippen molar-refractivity contribution in [2.24, 2.45) is 10.9 Å². The number of nitrogens with one attached hydrogen (secondary N) is 1. The highest BCUT2D eigenvalue weighted by atomic mass is 16.5. The first-order valence-corrected chi connectivity index (χ1v) is 10.6. The minimum absolute atomic E-state index is 0.127. The Morgan fingerprint density at radius 3 is 2.59 bits per heavy atom. The molecule has 0 bridgehead atoms. The number of nitrogens with zero attached hydrogens (tertiary/aromatic N) is 3. The van der Waals surface area contributed by atoms with Gasteiger partial charge in [-0.3, -0.25) is 9.79 Å². The molecule has 0 saturated carbocycles. The van der Waals surface area contributed by atoms with Gasteiger partial charge in [0.25, 0.3) is 0 Å². The van der Waals surface area contributed by atoms with Gasteiger partial charge in [0.15, 0.2) is 5.96 Å². The quantitative estimate of drug-likeness (QED) is 0.600. The molecule has 0 radical (unpaired) electrons. The van der Waals surface area contributed by atoms with Crippen molar-refractivity contribution in [2.75, 3.05) is 60.1 Å². The number of methoxy groups -OCH3 is 1. The summed E-state index contributed by atoms with van der Waals surface area (Å²) >= 11 is 0. The van der Waals surface area contributed by atoms with E-state index in [1.165, 1.54) is 5.56 Å². The molecule has 1 amide bonds. The summed E-state index contributed by atoms with van der Waals surface area (Å²) in [6.45, 7) is 7.36. The summed E-state index contributed by atoms with van der Waals surface area (Å²) in [5, 5.41) is 3.47. The fourth-order valence-electron chi connectivity index (χ4n) is 4.05. The number of rotatable bonds is 5. The van der Waals surface area contributed by atoms with Gasteiger partial charge < -0.3 is 24.6 Å². The predicted octanol–water partition coefficient (Wildman–Crippen LogP) is 1.69. The number of hydrogen-bond donors (Lipinski definition) is 1. The Hall–Kier alpha value is -2.28. The van der Waals surface area contributed by atoms with E-state index < -0.39 is 0 Å². The molecule has 7 nitrogen and oxygen atoms in total. The van der Waals surface area contributed by atoms with Crippen LogP contribution >= 0.6 is 0 Å². The van der Waals surface area contributed by atoms with E-state index in [1.54, 1.807) is 7.11 Å². The van der Waals surface area contributed by atoms with Crippen LogP contribution in [0.15, 0.2) is 23.2 Å².